The molecule has 2 atom stereocenters. The topological polar surface area (TPSA) is 38.3 Å². The van der Waals surface area contributed by atoms with Crippen LogP contribution >= 0.6 is 15.9 Å². The van der Waals surface area contributed by atoms with Crippen molar-refractivity contribution in [1.82, 2.24) is 5.32 Å². The predicted molar refractivity (Wildman–Crippen MR) is 81.7 cm³/mol. The van der Waals surface area contributed by atoms with Crippen molar-refractivity contribution in [2.45, 2.75) is 38.6 Å². The Hall–Kier alpha value is -1.03. The van der Waals surface area contributed by atoms with E-state index in [9.17, 15) is 4.79 Å². The van der Waals surface area contributed by atoms with E-state index in [-0.39, 0.29) is 22.2 Å². The largest absolute Gasteiger partial charge is 0.497 e. The van der Waals surface area contributed by atoms with Crippen LogP contribution in [-0.4, -0.2) is 17.8 Å². The highest BCUT2D eigenvalue weighted by Crippen LogP contribution is 2.27. The van der Waals surface area contributed by atoms with Gasteiger partial charge in [-0.1, -0.05) is 48.8 Å². The second-order valence-corrected chi connectivity index (χ2v) is 6.65. The van der Waals surface area contributed by atoms with E-state index in [0.29, 0.717) is 0 Å². The number of benzene rings is 1. The second kappa shape index (κ2) is 6.42. The van der Waals surface area contributed by atoms with Gasteiger partial charge in [-0.25, -0.2) is 0 Å². The smallest absolute Gasteiger partial charge is 0.234 e. The van der Waals surface area contributed by atoms with Gasteiger partial charge in [-0.15, -0.1) is 0 Å². The molecule has 4 heteroatoms. The second-order valence-electron chi connectivity index (χ2n) is 5.74. The van der Waals surface area contributed by atoms with Crippen molar-refractivity contribution < 1.29 is 9.53 Å². The van der Waals surface area contributed by atoms with Gasteiger partial charge in [-0.3, -0.25) is 4.79 Å². The van der Waals surface area contributed by atoms with Crippen LogP contribution in [0.1, 0.15) is 39.3 Å². The summed E-state index contributed by atoms with van der Waals surface area (Å²) in [6.45, 7) is 8.06. The molecular formula is C15H22BrNO2. The Labute approximate surface area is 123 Å². The molecule has 1 aromatic rings. The zero-order valence-corrected chi connectivity index (χ0v) is 13.7. The third kappa shape index (κ3) is 4.53. The van der Waals surface area contributed by atoms with E-state index < -0.39 is 0 Å². The zero-order chi connectivity index (χ0) is 14.6. The molecule has 0 fully saturated rings. The molecule has 0 aliphatic heterocycles. The van der Waals surface area contributed by atoms with Crippen molar-refractivity contribution in [2.24, 2.45) is 5.41 Å². The maximum absolute atomic E-state index is 12.1. The fourth-order valence-electron chi connectivity index (χ4n) is 1.67. The summed E-state index contributed by atoms with van der Waals surface area (Å²) in [6.07, 6.45) is 0. The molecule has 0 saturated heterocycles. The minimum absolute atomic E-state index is 0.00261. The number of alkyl halides is 1. The molecule has 0 saturated carbocycles. The quantitative estimate of drug-likeness (QED) is 0.856. The highest BCUT2D eigenvalue weighted by Gasteiger charge is 2.29. The summed E-state index contributed by atoms with van der Waals surface area (Å²) in [5.74, 6) is 0.799. The van der Waals surface area contributed by atoms with Gasteiger partial charge in [-0.2, -0.15) is 0 Å². The lowest BCUT2D eigenvalue weighted by Gasteiger charge is -2.26. The molecule has 0 bridgehead atoms. The lowest BCUT2D eigenvalue weighted by molar-refractivity contribution is -0.122. The minimum atomic E-state index is -0.215. The van der Waals surface area contributed by atoms with Crippen LogP contribution in [0.25, 0.3) is 0 Å². The highest BCUT2D eigenvalue weighted by atomic mass is 79.9. The van der Waals surface area contributed by atoms with Crippen molar-refractivity contribution in [3.8, 4) is 5.75 Å². The van der Waals surface area contributed by atoms with Crippen LogP contribution in [0.15, 0.2) is 24.3 Å². The van der Waals surface area contributed by atoms with E-state index in [1.165, 1.54) is 0 Å². The van der Waals surface area contributed by atoms with Gasteiger partial charge in [0, 0.05) is 0 Å². The van der Waals surface area contributed by atoms with E-state index in [0.717, 1.165) is 11.3 Å². The van der Waals surface area contributed by atoms with Crippen LogP contribution in [0.4, 0.5) is 0 Å². The molecular weight excluding hydrogens is 306 g/mol. The third-order valence-electron chi connectivity index (χ3n) is 2.94. The molecule has 3 nitrogen and oxygen atoms in total. The molecule has 1 N–H and O–H groups in total. The number of carbonyl (C=O) groups excluding carboxylic acids is 1. The van der Waals surface area contributed by atoms with Crippen molar-refractivity contribution in [3.63, 3.8) is 0 Å². The number of hydrogen-bond acceptors (Lipinski definition) is 2. The molecule has 1 amide bonds. The number of carbonyl (C=O) groups is 1. The molecule has 0 aromatic heterocycles. The average molecular weight is 328 g/mol. The summed E-state index contributed by atoms with van der Waals surface area (Å²) in [7, 11) is 1.64. The molecule has 2 unspecified atom stereocenters. The first-order chi connectivity index (χ1) is 8.75. The number of nitrogens with one attached hydrogen (secondary N) is 1. The predicted octanol–water partition coefficient (Wildman–Crippen LogP) is 3.68. The number of amides is 1. The van der Waals surface area contributed by atoms with Crippen molar-refractivity contribution >= 4 is 21.8 Å². The number of rotatable bonds is 4. The van der Waals surface area contributed by atoms with Gasteiger partial charge in [-0.05, 0) is 30.0 Å². The maximum atomic E-state index is 12.1. The number of hydrogen-bond donors (Lipinski definition) is 1. The normalized spacial score (nSPS) is 14.6. The number of ether oxygens (including phenoxy) is 1. The summed E-state index contributed by atoms with van der Waals surface area (Å²) in [5, 5.41) is 3.01. The van der Waals surface area contributed by atoms with Gasteiger partial charge in [0.25, 0.3) is 0 Å². The summed E-state index contributed by atoms with van der Waals surface area (Å²) >= 11 is 3.46. The first-order valence-electron chi connectivity index (χ1n) is 6.34. The molecule has 1 aromatic carbocycles. The fraction of sp³-hybridized carbons (Fsp3) is 0.533. The molecule has 0 heterocycles. The van der Waals surface area contributed by atoms with Gasteiger partial charge >= 0.3 is 0 Å². The number of halogens is 1. The Kier molecular flexibility index (Phi) is 5.41. The van der Waals surface area contributed by atoms with E-state index in [2.05, 4.69) is 21.2 Å². The molecule has 0 aliphatic rings. The molecule has 1 rings (SSSR count). The zero-order valence-electron chi connectivity index (χ0n) is 12.2. The SMILES string of the molecule is COc1cccc(C(C)NC(=O)C(Br)C(C)(C)C)c1. The maximum Gasteiger partial charge on any atom is 0.234 e. The van der Waals surface area contributed by atoms with Crippen LogP contribution < -0.4 is 10.1 Å². The van der Waals surface area contributed by atoms with Gasteiger partial charge in [0.1, 0.15) is 5.75 Å². The monoisotopic (exact) mass is 327 g/mol. The van der Waals surface area contributed by atoms with Gasteiger partial charge in [0.2, 0.25) is 5.91 Å². The Morgan fingerprint density at radius 2 is 2.00 bits per heavy atom. The third-order valence-corrected chi connectivity index (χ3v) is 4.73. The average Bonchev–Trinajstić information content (AvgIpc) is 2.36. The minimum Gasteiger partial charge on any atom is -0.497 e. The molecule has 0 radical (unpaired) electrons. The fourth-order valence-corrected chi connectivity index (χ4v) is 1.81. The van der Waals surface area contributed by atoms with Crippen LogP contribution in [0.5, 0.6) is 5.75 Å². The Morgan fingerprint density at radius 1 is 1.37 bits per heavy atom. The van der Waals surface area contributed by atoms with E-state index in [1.807, 2.05) is 52.0 Å². The lowest BCUT2D eigenvalue weighted by Crippen LogP contribution is -2.39. The Bertz CT molecular complexity index is 440. The standard InChI is InChI=1S/C15H22BrNO2/c1-10(11-7-6-8-12(9-11)19-5)17-14(18)13(16)15(2,3)4/h6-10,13H,1-5H3,(H,17,18). The van der Waals surface area contributed by atoms with Gasteiger partial charge < -0.3 is 10.1 Å². The Balaban J connectivity index is 2.74. The summed E-state index contributed by atoms with van der Waals surface area (Å²) in [5.41, 5.74) is 0.916. The van der Waals surface area contributed by atoms with Crippen molar-refractivity contribution in [1.29, 1.82) is 0 Å². The summed E-state index contributed by atoms with van der Waals surface area (Å²) < 4.78 is 5.19. The first-order valence-corrected chi connectivity index (χ1v) is 7.25. The van der Waals surface area contributed by atoms with E-state index >= 15 is 0 Å². The van der Waals surface area contributed by atoms with E-state index in [1.54, 1.807) is 7.11 Å². The van der Waals surface area contributed by atoms with Crippen LogP contribution in [0.2, 0.25) is 0 Å². The Morgan fingerprint density at radius 3 is 2.53 bits per heavy atom. The highest BCUT2D eigenvalue weighted by molar-refractivity contribution is 9.10. The van der Waals surface area contributed by atoms with E-state index in [4.69, 9.17) is 4.74 Å². The van der Waals surface area contributed by atoms with Crippen molar-refractivity contribution in [3.05, 3.63) is 29.8 Å². The van der Waals surface area contributed by atoms with Crippen LogP contribution in [-0.2, 0) is 4.79 Å². The molecule has 19 heavy (non-hydrogen) atoms. The van der Waals surface area contributed by atoms with Gasteiger partial charge in [0.05, 0.1) is 18.0 Å². The molecule has 0 spiro atoms. The van der Waals surface area contributed by atoms with Crippen molar-refractivity contribution in [2.75, 3.05) is 7.11 Å². The summed E-state index contributed by atoms with van der Waals surface area (Å²) in [4.78, 5) is 11.9. The van der Waals surface area contributed by atoms with Crippen LogP contribution in [0, 0.1) is 5.41 Å². The molecule has 0 aliphatic carbocycles. The van der Waals surface area contributed by atoms with Crippen LogP contribution in [0.3, 0.4) is 0 Å². The molecule has 106 valence electrons. The summed E-state index contributed by atoms with van der Waals surface area (Å²) in [6, 6.07) is 7.68. The number of methoxy groups -OCH3 is 1. The lowest BCUT2D eigenvalue weighted by atomic mass is 9.91. The van der Waals surface area contributed by atoms with Gasteiger partial charge in [0.15, 0.2) is 0 Å². The first kappa shape index (κ1) is 16.0.